The minimum absolute atomic E-state index is 0.163. The Morgan fingerprint density at radius 2 is 0.520 bits per heavy atom. The molecule has 11 aromatic carbocycles. The molecule has 0 aliphatic rings. The van der Waals surface area contributed by atoms with Gasteiger partial charge in [0.25, 0.3) is 0 Å². The van der Waals surface area contributed by atoms with E-state index in [-0.39, 0.29) is 11.4 Å². The third-order valence-electron chi connectivity index (χ3n) is 14.4. The van der Waals surface area contributed by atoms with Crippen LogP contribution in [0.3, 0.4) is 0 Å². The first kappa shape index (κ1) is 43.9. The van der Waals surface area contributed by atoms with Gasteiger partial charge in [-0.3, -0.25) is 0 Å². The molecule has 0 aliphatic carbocycles. The van der Waals surface area contributed by atoms with Gasteiger partial charge in [0.15, 0.2) is 0 Å². The van der Waals surface area contributed by atoms with E-state index in [0.717, 1.165) is 94.6 Å². The van der Waals surface area contributed by atoms with Gasteiger partial charge in [-0.1, -0.05) is 91.0 Å². The Balaban J connectivity index is 1.00. The van der Waals surface area contributed by atoms with Crippen molar-refractivity contribution in [1.82, 2.24) is 13.7 Å². The molecule has 3 aromatic heterocycles. The first-order valence-corrected chi connectivity index (χ1v) is 24.7. The first-order valence-electron chi connectivity index (χ1n) is 24.7. The number of rotatable bonds is 9. The van der Waals surface area contributed by atoms with E-state index in [4.69, 9.17) is 0 Å². The Labute approximate surface area is 427 Å². The highest BCUT2D eigenvalue weighted by atomic mass is 19.1. The second-order valence-corrected chi connectivity index (χ2v) is 18.7. The zero-order chi connectivity index (χ0) is 50.3. The quantitative estimate of drug-likeness (QED) is 0.134. The lowest BCUT2D eigenvalue weighted by Crippen LogP contribution is -2.12. The summed E-state index contributed by atoms with van der Waals surface area (Å²) in [4.78, 5) is 3.66. The van der Waals surface area contributed by atoms with Crippen LogP contribution in [0.25, 0.3) is 82.5 Å². The van der Waals surface area contributed by atoms with Crippen molar-refractivity contribution in [3.05, 3.63) is 272 Å². The molecule has 0 atom stereocenters. The van der Waals surface area contributed by atoms with E-state index in [1.54, 1.807) is 0 Å². The zero-order valence-corrected chi connectivity index (χ0v) is 39.9. The van der Waals surface area contributed by atoms with Crippen LogP contribution in [-0.4, -0.2) is 13.7 Å². The summed E-state index contributed by atoms with van der Waals surface area (Å²) in [7, 11) is 0. The van der Waals surface area contributed by atoms with E-state index < -0.39 is 23.3 Å². The Morgan fingerprint density at radius 3 is 0.840 bits per heavy atom. The van der Waals surface area contributed by atoms with Gasteiger partial charge in [-0.25, -0.2) is 17.6 Å². The zero-order valence-electron chi connectivity index (χ0n) is 39.9. The monoisotopic (exact) mass is 979 g/mol. The van der Waals surface area contributed by atoms with Gasteiger partial charge in [0.1, 0.15) is 23.3 Å². The van der Waals surface area contributed by atoms with Gasteiger partial charge >= 0.3 is 0 Å². The Kier molecular flexibility index (Phi) is 10.2. The highest BCUT2D eigenvalue weighted by Gasteiger charge is 2.25. The summed E-state index contributed by atoms with van der Waals surface area (Å²) in [5.41, 5.74) is 11.6. The number of hydrogen-bond acceptors (Lipinski definition) is 2. The smallest absolute Gasteiger partial charge is 0.150 e. The fourth-order valence-electron chi connectivity index (χ4n) is 11.2. The molecule has 0 aliphatic heterocycles. The van der Waals surface area contributed by atoms with Crippen molar-refractivity contribution >= 4 is 99.5 Å². The van der Waals surface area contributed by atoms with Crippen LogP contribution in [0.5, 0.6) is 0 Å². The van der Waals surface area contributed by atoms with Crippen LogP contribution in [0, 0.1) is 23.3 Å². The standard InChI is InChI=1S/C66H41F4N5/c67-42-24-30-65(57(69)36-42)71(47-26-32-61-53(38-47)51-20-10-12-22-59(51)73(61)44-14-4-1-5-15-44)49-28-34-63-55(40-49)56-41-50(29-35-64(56)75(63)46-18-8-3-9-19-46)72(66-31-25-43(68)37-58(66)70)48-27-33-62-54(39-48)52-21-11-13-23-60(52)74(62)45-16-6-2-7-17-45/h1-41H. The van der Waals surface area contributed by atoms with Gasteiger partial charge in [-0.05, 0) is 146 Å². The van der Waals surface area contributed by atoms with Gasteiger partial charge in [0, 0.05) is 84.3 Å². The molecular formula is C66H41F4N5. The molecule has 0 saturated heterocycles. The van der Waals surface area contributed by atoms with E-state index in [2.05, 4.69) is 86.5 Å². The minimum atomic E-state index is -0.725. The Morgan fingerprint density at radius 1 is 0.240 bits per heavy atom. The molecule has 0 bridgehead atoms. The molecule has 0 spiro atoms. The van der Waals surface area contributed by atoms with E-state index in [9.17, 15) is 8.78 Å². The molecule has 3 heterocycles. The van der Waals surface area contributed by atoms with Crippen molar-refractivity contribution in [2.45, 2.75) is 0 Å². The average molecular weight is 980 g/mol. The van der Waals surface area contributed by atoms with E-state index in [0.29, 0.717) is 22.7 Å². The van der Waals surface area contributed by atoms with Crippen molar-refractivity contribution in [1.29, 1.82) is 0 Å². The van der Waals surface area contributed by atoms with E-state index >= 15 is 8.78 Å². The van der Waals surface area contributed by atoms with Gasteiger partial charge in [0.2, 0.25) is 0 Å². The van der Waals surface area contributed by atoms with Crippen LogP contribution in [0.2, 0.25) is 0 Å². The molecule has 75 heavy (non-hydrogen) atoms. The summed E-state index contributed by atoms with van der Waals surface area (Å²) >= 11 is 0. The molecule has 0 fully saturated rings. The number of aromatic nitrogens is 3. The summed E-state index contributed by atoms with van der Waals surface area (Å²) in [5, 5.41) is 5.61. The van der Waals surface area contributed by atoms with Crippen molar-refractivity contribution in [2.75, 3.05) is 9.80 Å². The SMILES string of the molecule is Fc1ccc(N(c2ccc3c(c2)c2ccccc2n3-c2ccccc2)c2ccc3c(c2)c2cc(N(c4ccc5c(c4)c4ccccc4n5-c4ccccc4)c4ccc(F)cc4F)ccc2n3-c2ccccc2)c(F)c1. The van der Waals surface area contributed by atoms with Crippen molar-refractivity contribution in [3.8, 4) is 17.1 Å². The number of hydrogen-bond donors (Lipinski definition) is 0. The predicted octanol–water partition coefficient (Wildman–Crippen LogP) is 18.5. The molecule has 14 rings (SSSR count). The van der Waals surface area contributed by atoms with E-state index in [1.165, 1.54) is 24.3 Å². The van der Waals surface area contributed by atoms with Crippen molar-refractivity contribution in [3.63, 3.8) is 0 Å². The summed E-state index contributed by atoms with van der Waals surface area (Å²) < 4.78 is 69.2. The highest BCUT2D eigenvalue weighted by Crippen LogP contribution is 2.46. The van der Waals surface area contributed by atoms with Gasteiger partial charge < -0.3 is 23.5 Å². The third kappa shape index (κ3) is 7.15. The number of para-hydroxylation sites is 5. The number of benzene rings is 11. The lowest BCUT2D eigenvalue weighted by atomic mass is 10.1. The molecule has 0 unspecified atom stereocenters. The van der Waals surface area contributed by atoms with E-state index in [1.807, 2.05) is 149 Å². The van der Waals surface area contributed by atoms with Crippen molar-refractivity contribution in [2.24, 2.45) is 0 Å². The molecule has 0 saturated carbocycles. The maximum absolute atomic E-state index is 16.5. The minimum Gasteiger partial charge on any atom is -0.309 e. The van der Waals surface area contributed by atoms with Gasteiger partial charge in [-0.2, -0.15) is 0 Å². The molecular weight excluding hydrogens is 939 g/mol. The summed E-state index contributed by atoms with van der Waals surface area (Å²) in [6.45, 7) is 0. The normalized spacial score (nSPS) is 11.7. The molecule has 0 radical (unpaired) electrons. The van der Waals surface area contributed by atoms with Crippen LogP contribution in [0.1, 0.15) is 0 Å². The average Bonchev–Trinajstić information content (AvgIpc) is 4.09. The highest BCUT2D eigenvalue weighted by molar-refractivity contribution is 6.14. The van der Waals surface area contributed by atoms with Gasteiger partial charge in [0.05, 0.1) is 44.5 Å². The largest absolute Gasteiger partial charge is 0.309 e. The van der Waals surface area contributed by atoms with Crippen LogP contribution in [0.15, 0.2) is 249 Å². The third-order valence-corrected chi connectivity index (χ3v) is 14.4. The lowest BCUT2D eigenvalue weighted by molar-refractivity contribution is 0.583. The lowest BCUT2D eigenvalue weighted by Gasteiger charge is -2.26. The Bertz CT molecular complexity index is 4270. The Hall–Kier alpha value is -9.86. The molecule has 5 nitrogen and oxygen atoms in total. The summed E-state index contributed by atoms with van der Waals surface area (Å²) in [6, 6.07) is 78.4. The fraction of sp³-hybridized carbons (Fsp3) is 0. The summed E-state index contributed by atoms with van der Waals surface area (Å²) in [5.74, 6) is -2.82. The molecule has 0 N–H and O–H groups in total. The van der Waals surface area contributed by atoms with Gasteiger partial charge in [-0.15, -0.1) is 0 Å². The van der Waals surface area contributed by atoms with Crippen LogP contribution < -0.4 is 9.80 Å². The topological polar surface area (TPSA) is 21.3 Å². The van der Waals surface area contributed by atoms with Crippen molar-refractivity contribution < 1.29 is 17.6 Å². The fourth-order valence-corrected chi connectivity index (χ4v) is 11.2. The second kappa shape index (κ2) is 17.4. The summed E-state index contributed by atoms with van der Waals surface area (Å²) in [6.07, 6.45) is 0. The number of nitrogens with zero attached hydrogens (tertiary/aromatic N) is 5. The van der Waals surface area contributed by atoms with Crippen LogP contribution in [0.4, 0.5) is 51.7 Å². The predicted molar refractivity (Wildman–Crippen MR) is 299 cm³/mol. The molecule has 0 amide bonds. The molecule has 358 valence electrons. The first-order chi connectivity index (χ1) is 36.9. The van der Waals surface area contributed by atoms with Crippen LogP contribution >= 0.6 is 0 Å². The van der Waals surface area contributed by atoms with Crippen LogP contribution in [-0.2, 0) is 0 Å². The maximum Gasteiger partial charge on any atom is 0.150 e. The molecule has 14 aromatic rings. The number of halogens is 4. The molecule has 9 heteroatoms. The second-order valence-electron chi connectivity index (χ2n) is 18.7. The maximum atomic E-state index is 16.5. The number of fused-ring (bicyclic) bond motifs is 9. The number of anilines is 6.